The zero-order valence-corrected chi connectivity index (χ0v) is 12.1. The van der Waals surface area contributed by atoms with Crippen LogP contribution >= 0.6 is 11.6 Å². The number of sulfonamides is 1. The molecule has 20 heavy (non-hydrogen) atoms. The normalized spacial score (nSPS) is 16.3. The summed E-state index contributed by atoms with van der Waals surface area (Å²) >= 11 is 5.87. The van der Waals surface area contributed by atoms with E-state index >= 15 is 0 Å². The highest BCUT2D eigenvalue weighted by atomic mass is 35.5. The fourth-order valence-electron chi connectivity index (χ4n) is 2.26. The molecule has 0 spiro atoms. The second-order valence-corrected chi connectivity index (χ2v) is 6.83. The molecule has 4 nitrogen and oxygen atoms in total. The van der Waals surface area contributed by atoms with Crippen LogP contribution in [0.4, 0.5) is 5.69 Å². The number of carbonyl (C=O) groups excluding carboxylic acids is 1. The highest BCUT2D eigenvalue weighted by Crippen LogP contribution is 2.34. The van der Waals surface area contributed by atoms with Gasteiger partial charge in [0.2, 0.25) is 0 Å². The molecule has 0 saturated carbocycles. The van der Waals surface area contributed by atoms with Crippen molar-refractivity contribution in [2.24, 2.45) is 0 Å². The van der Waals surface area contributed by atoms with Crippen LogP contribution in [0.15, 0.2) is 47.4 Å². The number of hydrogen-bond donors (Lipinski definition) is 0. The van der Waals surface area contributed by atoms with Gasteiger partial charge in [-0.25, -0.2) is 8.42 Å². The summed E-state index contributed by atoms with van der Waals surface area (Å²) in [5.74, 6) is -0.319. The van der Waals surface area contributed by atoms with Crippen LogP contribution in [-0.4, -0.2) is 21.2 Å². The Morgan fingerprint density at radius 1 is 1.05 bits per heavy atom. The summed E-state index contributed by atoms with van der Waals surface area (Å²) in [4.78, 5) is 12.5. The molecule has 0 N–H and O–H groups in total. The van der Waals surface area contributed by atoms with Gasteiger partial charge in [-0.2, -0.15) is 0 Å². The first-order chi connectivity index (χ1) is 9.43. The maximum absolute atomic E-state index is 12.6. The Hall–Kier alpha value is -1.85. The number of ketones is 1. The van der Waals surface area contributed by atoms with Crippen molar-refractivity contribution in [1.29, 1.82) is 0 Å². The van der Waals surface area contributed by atoms with E-state index in [1.54, 1.807) is 24.3 Å². The molecule has 3 rings (SSSR count). The highest BCUT2D eigenvalue weighted by molar-refractivity contribution is 7.93. The number of carbonyl (C=O) groups is 1. The zero-order valence-electron chi connectivity index (χ0n) is 10.5. The largest absolute Gasteiger partial charge is 0.288 e. The highest BCUT2D eigenvalue weighted by Gasteiger charge is 2.33. The Kier molecular flexibility index (Phi) is 2.84. The molecule has 0 bridgehead atoms. The van der Waals surface area contributed by atoms with Gasteiger partial charge in [-0.1, -0.05) is 23.7 Å². The third-order valence-corrected chi connectivity index (χ3v) is 5.36. The predicted molar refractivity (Wildman–Crippen MR) is 76.9 cm³/mol. The second kappa shape index (κ2) is 4.33. The van der Waals surface area contributed by atoms with E-state index in [0.29, 0.717) is 11.3 Å². The van der Waals surface area contributed by atoms with Crippen molar-refractivity contribution < 1.29 is 13.2 Å². The molecule has 0 atom stereocenters. The smallest absolute Gasteiger partial charge is 0.264 e. The number of para-hydroxylation sites is 1. The lowest BCUT2D eigenvalue weighted by molar-refractivity contribution is 0.103. The number of halogens is 1. The van der Waals surface area contributed by atoms with Gasteiger partial charge in [-0.3, -0.25) is 9.10 Å². The van der Waals surface area contributed by atoms with Gasteiger partial charge in [0.15, 0.2) is 5.78 Å². The summed E-state index contributed by atoms with van der Waals surface area (Å²) < 4.78 is 26.3. The molecule has 0 fully saturated rings. The lowest BCUT2D eigenvalue weighted by Gasteiger charge is -2.18. The van der Waals surface area contributed by atoms with Gasteiger partial charge >= 0.3 is 0 Å². The van der Waals surface area contributed by atoms with Crippen LogP contribution in [0.2, 0.25) is 5.02 Å². The third kappa shape index (κ3) is 1.74. The van der Waals surface area contributed by atoms with E-state index < -0.39 is 10.0 Å². The standard InChI is InChI=1S/C14H10ClNO3S/c1-16-12-5-3-2-4-10(12)14(17)11-7-6-9(15)8-13(11)20(16,18)19/h2-8H,1H3. The van der Waals surface area contributed by atoms with Crippen molar-refractivity contribution in [2.75, 3.05) is 11.4 Å². The molecule has 0 saturated heterocycles. The quantitative estimate of drug-likeness (QED) is 0.752. The van der Waals surface area contributed by atoms with E-state index in [2.05, 4.69) is 0 Å². The average Bonchev–Trinajstić information content (AvgIpc) is 2.50. The average molecular weight is 308 g/mol. The van der Waals surface area contributed by atoms with Crippen molar-refractivity contribution in [3.8, 4) is 0 Å². The fraction of sp³-hybridized carbons (Fsp3) is 0.0714. The van der Waals surface area contributed by atoms with Gasteiger partial charge < -0.3 is 0 Å². The molecule has 0 radical (unpaired) electrons. The molecule has 0 amide bonds. The molecule has 0 aromatic heterocycles. The molecule has 2 aromatic carbocycles. The Bertz CT molecular complexity index is 830. The van der Waals surface area contributed by atoms with Crippen molar-refractivity contribution in [3.05, 3.63) is 58.6 Å². The summed E-state index contributed by atoms with van der Waals surface area (Å²) in [6.45, 7) is 0. The molecular weight excluding hydrogens is 298 g/mol. The monoisotopic (exact) mass is 307 g/mol. The first kappa shape index (κ1) is 13.1. The lowest BCUT2D eigenvalue weighted by atomic mass is 10.0. The molecule has 102 valence electrons. The number of fused-ring (bicyclic) bond motifs is 2. The van der Waals surface area contributed by atoms with Gasteiger partial charge in [0.1, 0.15) is 4.90 Å². The minimum Gasteiger partial charge on any atom is -0.288 e. The Balaban J connectivity index is 2.44. The van der Waals surface area contributed by atoms with Crippen LogP contribution in [0.25, 0.3) is 0 Å². The lowest BCUT2D eigenvalue weighted by Crippen LogP contribution is -2.26. The molecule has 2 aromatic rings. The summed E-state index contributed by atoms with van der Waals surface area (Å²) in [6.07, 6.45) is 0. The molecular formula is C14H10ClNO3S. The van der Waals surface area contributed by atoms with Gasteiger partial charge in [0.25, 0.3) is 10.0 Å². The summed E-state index contributed by atoms with van der Waals surface area (Å²) in [6, 6.07) is 10.9. The number of rotatable bonds is 0. The second-order valence-electron chi connectivity index (χ2n) is 4.46. The zero-order chi connectivity index (χ0) is 14.5. The number of nitrogens with zero attached hydrogens (tertiary/aromatic N) is 1. The summed E-state index contributed by atoms with van der Waals surface area (Å²) in [7, 11) is -2.37. The van der Waals surface area contributed by atoms with Gasteiger partial charge in [-0.15, -0.1) is 0 Å². The van der Waals surface area contributed by atoms with E-state index in [9.17, 15) is 13.2 Å². The van der Waals surface area contributed by atoms with Gasteiger partial charge in [0.05, 0.1) is 5.69 Å². The van der Waals surface area contributed by atoms with E-state index in [4.69, 9.17) is 11.6 Å². The number of hydrogen-bond acceptors (Lipinski definition) is 3. The van der Waals surface area contributed by atoms with Crippen LogP contribution in [-0.2, 0) is 10.0 Å². The number of anilines is 1. The van der Waals surface area contributed by atoms with E-state index in [1.807, 2.05) is 0 Å². The van der Waals surface area contributed by atoms with Crippen molar-refractivity contribution in [3.63, 3.8) is 0 Å². The molecule has 1 aliphatic rings. The molecule has 6 heteroatoms. The third-order valence-electron chi connectivity index (χ3n) is 3.31. The van der Waals surface area contributed by atoms with Gasteiger partial charge in [-0.05, 0) is 30.3 Å². The SMILES string of the molecule is CN1c2ccccc2C(=O)c2ccc(Cl)cc2S1(=O)=O. The Labute approximate surface area is 121 Å². The van der Waals surface area contributed by atoms with Crippen LogP contribution in [0.5, 0.6) is 0 Å². The van der Waals surface area contributed by atoms with Crippen LogP contribution in [0.1, 0.15) is 15.9 Å². The van der Waals surface area contributed by atoms with Crippen LogP contribution in [0, 0.1) is 0 Å². The topological polar surface area (TPSA) is 54.5 Å². The minimum atomic E-state index is -3.80. The predicted octanol–water partition coefficient (Wildman–Crippen LogP) is 2.71. The van der Waals surface area contributed by atoms with E-state index in [1.165, 1.54) is 25.2 Å². The first-order valence-electron chi connectivity index (χ1n) is 5.85. The first-order valence-corrected chi connectivity index (χ1v) is 7.67. The van der Waals surface area contributed by atoms with E-state index in [-0.39, 0.29) is 21.3 Å². The van der Waals surface area contributed by atoms with Crippen molar-refractivity contribution in [1.82, 2.24) is 0 Å². The van der Waals surface area contributed by atoms with Crippen LogP contribution < -0.4 is 4.31 Å². The molecule has 1 heterocycles. The minimum absolute atomic E-state index is 0.0614. The van der Waals surface area contributed by atoms with Crippen molar-refractivity contribution in [2.45, 2.75) is 4.90 Å². The molecule has 1 aliphatic heterocycles. The molecule has 0 unspecified atom stereocenters. The molecule has 0 aliphatic carbocycles. The summed E-state index contributed by atoms with van der Waals surface area (Å²) in [5, 5.41) is 0.277. The van der Waals surface area contributed by atoms with E-state index in [0.717, 1.165) is 4.31 Å². The Morgan fingerprint density at radius 2 is 1.75 bits per heavy atom. The summed E-state index contributed by atoms with van der Waals surface area (Å²) in [5.41, 5.74) is 0.871. The Morgan fingerprint density at radius 3 is 2.50 bits per heavy atom. The maximum atomic E-state index is 12.6. The maximum Gasteiger partial charge on any atom is 0.264 e. The van der Waals surface area contributed by atoms with Crippen molar-refractivity contribution >= 4 is 33.1 Å². The van der Waals surface area contributed by atoms with Crippen LogP contribution in [0.3, 0.4) is 0 Å². The number of benzene rings is 2. The fourth-order valence-corrected chi connectivity index (χ4v) is 3.92. The van der Waals surface area contributed by atoms with Gasteiger partial charge in [0, 0.05) is 23.2 Å².